The number of H-pyrrole nitrogens is 1. The minimum absolute atomic E-state index is 0.0428. The number of hydrogen-bond acceptors (Lipinski definition) is 2. The lowest BCUT2D eigenvalue weighted by Gasteiger charge is -2.32. The van der Waals surface area contributed by atoms with Crippen molar-refractivity contribution in [3.63, 3.8) is 0 Å². The molecule has 0 spiro atoms. The molecule has 2 N–H and O–H groups in total. The van der Waals surface area contributed by atoms with E-state index < -0.39 is 0 Å². The lowest BCUT2D eigenvalue weighted by atomic mass is 9.96. The number of aromatic amines is 1. The van der Waals surface area contributed by atoms with Crippen molar-refractivity contribution in [3.05, 3.63) is 71.7 Å². The van der Waals surface area contributed by atoms with Crippen LogP contribution in [0.1, 0.15) is 28.8 Å². The summed E-state index contributed by atoms with van der Waals surface area (Å²) in [5.41, 5.74) is 2.41. The van der Waals surface area contributed by atoms with Crippen LogP contribution in [0.25, 0.3) is 10.9 Å². The first-order valence-corrected chi connectivity index (χ1v) is 9.99. The van der Waals surface area contributed by atoms with Crippen molar-refractivity contribution in [2.45, 2.75) is 19.3 Å². The van der Waals surface area contributed by atoms with E-state index in [2.05, 4.69) is 10.3 Å². The molecule has 1 saturated heterocycles. The Labute approximate surface area is 168 Å². The summed E-state index contributed by atoms with van der Waals surface area (Å²) in [6.45, 7) is 1.54. The van der Waals surface area contributed by atoms with Crippen molar-refractivity contribution in [1.82, 2.24) is 15.2 Å². The summed E-state index contributed by atoms with van der Waals surface area (Å²) in [5.74, 6) is -0.570. The fourth-order valence-corrected chi connectivity index (χ4v) is 3.91. The second kappa shape index (κ2) is 8.47. The molecule has 29 heavy (non-hydrogen) atoms. The summed E-state index contributed by atoms with van der Waals surface area (Å²) in [6.07, 6.45) is 4.00. The van der Waals surface area contributed by atoms with Crippen LogP contribution >= 0.6 is 0 Å². The molecule has 150 valence electrons. The molecule has 1 fully saturated rings. The molecule has 2 aromatic carbocycles. The average Bonchev–Trinajstić information content (AvgIpc) is 3.21. The van der Waals surface area contributed by atoms with E-state index >= 15 is 0 Å². The van der Waals surface area contributed by atoms with Crippen molar-refractivity contribution < 1.29 is 14.0 Å². The number of carbonyl (C=O) groups is 2. The number of nitrogens with zero attached hydrogens (tertiary/aromatic N) is 1. The van der Waals surface area contributed by atoms with Gasteiger partial charge in [0.25, 0.3) is 5.91 Å². The lowest BCUT2D eigenvalue weighted by Crippen LogP contribution is -2.45. The lowest BCUT2D eigenvalue weighted by molar-refractivity contribution is -0.126. The van der Waals surface area contributed by atoms with E-state index in [-0.39, 0.29) is 23.5 Å². The molecule has 2 amide bonds. The minimum atomic E-state index is -0.271. The number of aromatic nitrogens is 1. The summed E-state index contributed by atoms with van der Waals surface area (Å²) < 4.78 is 13.2. The zero-order valence-corrected chi connectivity index (χ0v) is 16.2. The number of piperidine rings is 1. The van der Waals surface area contributed by atoms with Gasteiger partial charge in [-0.1, -0.05) is 18.2 Å². The molecule has 2 heterocycles. The first-order chi connectivity index (χ1) is 14.1. The molecule has 4 rings (SSSR count). The molecule has 1 aromatic heterocycles. The maximum atomic E-state index is 13.2. The van der Waals surface area contributed by atoms with Crippen molar-refractivity contribution in [1.29, 1.82) is 0 Å². The predicted molar refractivity (Wildman–Crippen MR) is 110 cm³/mol. The maximum Gasteiger partial charge on any atom is 0.253 e. The highest BCUT2D eigenvalue weighted by molar-refractivity contribution is 5.98. The molecule has 0 radical (unpaired) electrons. The molecule has 1 aliphatic heterocycles. The summed E-state index contributed by atoms with van der Waals surface area (Å²) in [5, 5.41) is 4.00. The number of benzene rings is 2. The van der Waals surface area contributed by atoms with Crippen LogP contribution in [0.3, 0.4) is 0 Å². The van der Waals surface area contributed by atoms with Gasteiger partial charge in [0.05, 0.1) is 5.92 Å². The molecule has 0 unspecified atom stereocenters. The number of halogens is 1. The fourth-order valence-electron chi connectivity index (χ4n) is 3.91. The maximum absolute atomic E-state index is 13.2. The molecular formula is C23H24FN3O2. The highest BCUT2D eigenvalue weighted by atomic mass is 19.1. The molecular weight excluding hydrogens is 369 g/mol. The normalized spacial score (nSPS) is 16.7. The fraction of sp³-hybridized carbons (Fsp3) is 0.304. The summed E-state index contributed by atoms with van der Waals surface area (Å²) in [7, 11) is 0. The Balaban J connectivity index is 1.33. The molecule has 6 heteroatoms. The summed E-state index contributed by atoms with van der Waals surface area (Å²) in [4.78, 5) is 30.4. The first kappa shape index (κ1) is 19.2. The van der Waals surface area contributed by atoms with E-state index in [1.54, 1.807) is 11.0 Å². The van der Waals surface area contributed by atoms with Crippen molar-refractivity contribution in [2.75, 3.05) is 19.6 Å². The number of rotatable bonds is 5. The summed E-state index contributed by atoms with van der Waals surface area (Å²) in [6, 6.07) is 14.0. The van der Waals surface area contributed by atoms with E-state index in [1.807, 2.05) is 36.5 Å². The number of carbonyl (C=O) groups excluding carboxylic acids is 2. The first-order valence-electron chi connectivity index (χ1n) is 9.99. The number of fused-ring (bicyclic) bond motifs is 1. The topological polar surface area (TPSA) is 65.2 Å². The van der Waals surface area contributed by atoms with Gasteiger partial charge in [0.1, 0.15) is 5.82 Å². The van der Waals surface area contributed by atoms with Gasteiger partial charge < -0.3 is 15.2 Å². The number of nitrogens with one attached hydrogen (secondary N) is 2. The third kappa shape index (κ3) is 4.47. The highest BCUT2D eigenvalue weighted by Crippen LogP contribution is 2.21. The zero-order valence-electron chi connectivity index (χ0n) is 16.2. The van der Waals surface area contributed by atoms with Crippen molar-refractivity contribution in [3.8, 4) is 0 Å². The van der Waals surface area contributed by atoms with Gasteiger partial charge in [-0.3, -0.25) is 9.59 Å². The van der Waals surface area contributed by atoms with Crippen LogP contribution in [0.5, 0.6) is 0 Å². The minimum Gasteiger partial charge on any atom is -0.361 e. The third-order valence-electron chi connectivity index (χ3n) is 5.48. The molecule has 0 saturated carbocycles. The van der Waals surface area contributed by atoms with E-state index in [9.17, 15) is 14.0 Å². The van der Waals surface area contributed by atoms with E-state index in [0.29, 0.717) is 31.6 Å². The van der Waals surface area contributed by atoms with Crippen molar-refractivity contribution in [2.24, 2.45) is 5.92 Å². The van der Waals surface area contributed by atoms with Crippen LogP contribution in [-0.2, 0) is 11.2 Å². The number of amides is 2. The molecule has 5 nitrogen and oxygen atoms in total. The van der Waals surface area contributed by atoms with E-state index in [0.717, 1.165) is 29.3 Å². The Morgan fingerprint density at radius 1 is 1.17 bits per heavy atom. The van der Waals surface area contributed by atoms with Crippen LogP contribution in [0.2, 0.25) is 0 Å². The van der Waals surface area contributed by atoms with Crippen LogP contribution in [0, 0.1) is 11.7 Å². The van der Waals surface area contributed by atoms with Gasteiger partial charge >= 0.3 is 0 Å². The smallest absolute Gasteiger partial charge is 0.253 e. The Hall–Kier alpha value is -3.15. The van der Waals surface area contributed by atoms with Gasteiger partial charge in [0.15, 0.2) is 0 Å². The van der Waals surface area contributed by atoms with Gasteiger partial charge in [0, 0.05) is 36.9 Å². The Morgan fingerprint density at radius 3 is 2.93 bits per heavy atom. The molecule has 0 aliphatic carbocycles. The van der Waals surface area contributed by atoms with Crippen LogP contribution in [0.4, 0.5) is 4.39 Å². The molecule has 0 bridgehead atoms. The molecule has 1 atom stereocenters. The monoisotopic (exact) mass is 393 g/mol. The van der Waals surface area contributed by atoms with Gasteiger partial charge in [-0.25, -0.2) is 4.39 Å². The molecule has 1 aliphatic rings. The van der Waals surface area contributed by atoms with E-state index in [1.165, 1.54) is 12.1 Å². The highest BCUT2D eigenvalue weighted by Gasteiger charge is 2.28. The van der Waals surface area contributed by atoms with Gasteiger partial charge in [0.2, 0.25) is 5.91 Å². The Bertz CT molecular complexity index is 1030. The second-order valence-electron chi connectivity index (χ2n) is 7.54. The van der Waals surface area contributed by atoms with Crippen LogP contribution < -0.4 is 5.32 Å². The molecule has 3 aromatic rings. The summed E-state index contributed by atoms with van der Waals surface area (Å²) >= 11 is 0. The SMILES string of the molecule is O=C(NCCc1cccc(F)c1)[C@H]1CCCN(C(=O)c2ccc3cc[nH]c3c2)C1. The Morgan fingerprint density at radius 2 is 2.07 bits per heavy atom. The zero-order chi connectivity index (χ0) is 20.2. The standard InChI is InChI=1S/C23H24FN3O2/c24-20-5-1-3-16(13-20)8-10-26-22(28)19-4-2-12-27(15-19)23(29)18-7-6-17-9-11-25-21(17)14-18/h1,3,5-7,9,11,13-14,19,25H,2,4,8,10,12,15H2,(H,26,28)/t19-/m0/s1. The van der Waals surface area contributed by atoms with Crippen LogP contribution in [-0.4, -0.2) is 41.3 Å². The van der Waals surface area contributed by atoms with Gasteiger partial charge in [-0.15, -0.1) is 0 Å². The van der Waals surface area contributed by atoms with Gasteiger partial charge in [-0.2, -0.15) is 0 Å². The largest absolute Gasteiger partial charge is 0.361 e. The quantitative estimate of drug-likeness (QED) is 0.697. The van der Waals surface area contributed by atoms with Crippen molar-refractivity contribution >= 4 is 22.7 Å². The predicted octanol–water partition coefficient (Wildman–Crippen LogP) is 3.52. The second-order valence-corrected chi connectivity index (χ2v) is 7.54. The Kier molecular flexibility index (Phi) is 5.60. The number of likely N-dealkylation sites (tertiary alicyclic amines) is 1. The third-order valence-corrected chi connectivity index (χ3v) is 5.48. The average molecular weight is 393 g/mol. The van der Waals surface area contributed by atoms with E-state index in [4.69, 9.17) is 0 Å². The van der Waals surface area contributed by atoms with Gasteiger partial charge in [-0.05, 0) is 60.5 Å². The van der Waals surface area contributed by atoms with Crippen LogP contribution in [0.15, 0.2) is 54.7 Å². The number of hydrogen-bond donors (Lipinski definition) is 2.